The summed E-state index contributed by atoms with van der Waals surface area (Å²) in [7, 11) is 6.33. The number of hydrogen-bond donors (Lipinski definition) is 2. The maximum absolute atomic E-state index is 12.4. The molecular weight excluding hydrogens is 466 g/mol. The molecule has 1 aliphatic rings. The normalized spacial score (nSPS) is 15.2. The lowest BCUT2D eigenvalue weighted by atomic mass is 10.2. The topological polar surface area (TPSA) is 129 Å². The third-order valence-electron chi connectivity index (χ3n) is 6.13. The molecule has 0 unspecified atom stereocenters. The lowest BCUT2D eigenvalue weighted by Crippen LogP contribution is -2.42. The number of benzene rings is 1. The third-order valence-corrected chi connectivity index (χ3v) is 6.13. The number of likely N-dealkylation sites (N-methyl/N-ethyl adjacent to an activating group) is 1. The van der Waals surface area contributed by atoms with E-state index in [-0.39, 0.29) is 11.9 Å². The molecule has 12 nitrogen and oxygen atoms in total. The van der Waals surface area contributed by atoms with E-state index in [1.165, 1.54) is 0 Å². The van der Waals surface area contributed by atoms with Crippen LogP contribution in [-0.4, -0.2) is 66.4 Å². The van der Waals surface area contributed by atoms with Gasteiger partial charge in [0.25, 0.3) is 0 Å². The molecule has 1 fully saturated rings. The minimum atomic E-state index is -0.313. The predicted octanol–water partition coefficient (Wildman–Crippen LogP) is 2.89. The zero-order valence-corrected chi connectivity index (χ0v) is 20.4. The highest BCUT2D eigenvalue weighted by atomic mass is 16.5. The smallest absolute Gasteiger partial charge is 0.242 e. The summed E-state index contributed by atoms with van der Waals surface area (Å²) in [5, 5.41) is 5.96. The number of nitrogens with zero attached hydrogens (tertiary/aromatic N) is 5. The molecule has 0 bridgehead atoms. The van der Waals surface area contributed by atoms with Gasteiger partial charge in [0.05, 0.1) is 39.5 Å². The number of imidazole rings is 1. The van der Waals surface area contributed by atoms with Gasteiger partial charge in [0.2, 0.25) is 17.6 Å². The summed E-state index contributed by atoms with van der Waals surface area (Å²) in [5.41, 5.74) is 1.90. The van der Waals surface area contributed by atoms with Crippen LogP contribution in [-0.2, 0) is 4.79 Å². The fraction of sp³-hybridized carbons (Fsp3) is 0.333. The number of amides is 1. The van der Waals surface area contributed by atoms with E-state index in [0.717, 1.165) is 18.5 Å². The van der Waals surface area contributed by atoms with E-state index >= 15 is 0 Å². The Bertz CT molecular complexity index is 1370. The maximum atomic E-state index is 12.4. The van der Waals surface area contributed by atoms with Crippen LogP contribution in [0.25, 0.3) is 16.8 Å². The Balaban J connectivity index is 1.47. The van der Waals surface area contributed by atoms with E-state index in [4.69, 9.17) is 23.6 Å². The number of hydrogen-bond acceptors (Lipinski definition) is 10. The second-order valence-electron chi connectivity index (χ2n) is 8.15. The first kappa shape index (κ1) is 23.3. The number of aromatic nitrogens is 4. The SMILES string of the molecule is CNC(=O)[C@@H]1CCCN1c1nc(Nc2cn(-c3cc(OC)c(OC)c(OC)c3)cn2)c2occc2n1. The van der Waals surface area contributed by atoms with E-state index in [0.29, 0.717) is 52.5 Å². The van der Waals surface area contributed by atoms with Crippen LogP contribution in [0.4, 0.5) is 17.6 Å². The van der Waals surface area contributed by atoms with Crippen LogP contribution in [0.3, 0.4) is 0 Å². The van der Waals surface area contributed by atoms with Crippen LogP contribution < -0.4 is 29.7 Å². The second-order valence-corrected chi connectivity index (χ2v) is 8.15. The van der Waals surface area contributed by atoms with Crippen LogP contribution in [0.15, 0.2) is 41.4 Å². The van der Waals surface area contributed by atoms with E-state index in [1.807, 2.05) is 21.6 Å². The zero-order valence-electron chi connectivity index (χ0n) is 20.4. The summed E-state index contributed by atoms with van der Waals surface area (Å²) >= 11 is 0. The monoisotopic (exact) mass is 493 g/mol. The Kier molecular flexibility index (Phi) is 6.23. The van der Waals surface area contributed by atoms with Gasteiger partial charge in [-0.2, -0.15) is 4.98 Å². The first-order valence-electron chi connectivity index (χ1n) is 11.4. The van der Waals surface area contributed by atoms with Gasteiger partial charge in [0.1, 0.15) is 23.7 Å². The minimum Gasteiger partial charge on any atom is -0.493 e. The van der Waals surface area contributed by atoms with Gasteiger partial charge in [-0.25, -0.2) is 9.97 Å². The molecule has 1 aromatic carbocycles. The summed E-state index contributed by atoms with van der Waals surface area (Å²) in [5.74, 6) is 2.97. The predicted molar refractivity (Wildman–Crippen MR) is 133 cm³/mol. The number of nitrogens with one attached hydrogen (secondary N) is 2. The van der Waals surface area contributed by atoms with Crippen molar-refractivity contribution in [2.45, 2.75) is 18.9 Å². The van der Waals surface area contributed by atoms with Crippen LogP contribution >= 0.6 is 0 Å². The molecule has 0 saturated carbocycles. The summed E-state index contributed by atoms with van der Waals surface area (Å²) in [4.78, 5) is 28.1. The standard InChI is InChI=1S/C24H27N7O5/c1-25-23(32)16-6-5-8-31(16)24-27-15-7-9-36-20(15)22(29-24)28-19-12-30(13-26-19)14-10-17(33-2)21(35-4)18(11-14)34-3/h7,9-13,16H,5-6,8H2,1-4H3,(H,25,32)(H,27,28,29)/t16-/m0/s1. The number of anilines is 3. The van der Waals surface area contributed by atoms with Crippen molar-refractivity contribution in [1.82, 2.24) is 24.8 Å². The number of furan rings is 1. The fourth-order valence-electron chi connectivity index (χ4n) is 4.38. The van der Waals surface area contributed by atoms with Crippen molar-refractivity contribution in [3.05, 3.63) is 37.0 Å². The summed E-state index contributed by atoms with van der Waals surface area (Å²) in [6.45, 7) is 0.691. The van der Waals surface area contributed by atoms with Gasteiger partial charge in [-0.15, -0.1) is 0 Å². The lowest BCUT2D eigenvalue weighted by molar-refractivity contribution is -0.121. The maximum Gasteiger partial charge on any atom is 0.242 e. The van der Waals surface area contributed by atoms with E-state index < -0.39 is 0 Å². The number of fused-ring (bicyclic) bond motifs is 1. The average Bonchev–Trinajstić information content (AvgIpc) is 3.68. The van der Waals surface area contributed by atoms with Crippen molar-refractivity contribution in [3.8, 4) is 22.9 Å². The largest absolute Gasteiger partial charge is 0.493 e. The Morgan fingerprint density at radius 1 is 1.14 bits per heavy atom. The molecule has 4 aromatic rings. The third kappa shape index (κ3) is 4.10. The molecule has 188 valence electrons. The molecular formula is C24H27N7O5. The van der Waals surface area contributed by atoms with Crippen LogP contribution in [0.1, 0.15) is 12.8 Å². The van der Waals surface area contributed by atoms with Crippen molar-refractivity contribution in [2.24, 2.45) is 0 Å². The minimum absolute atomic E-state index is 0.0537. The fourth-order valence-corrected chi connectivity index (χ4v) is 4.38. The molecule has 3 aromatic heterocycles. The Hall–Kier alpha value is -4.48. The van der Waals surface area contributed by atoms with Crippen LogP contribution in [0.5, 0.6) is 17.2 Å². The summed E-state index contributed by atoms with van der Waals surface area (Å²) in [6.07, 6.45) is 6.65. The van der Waals surface area contributed by atoms with Crippen molar-refractivity contribution < 1.29 is 23.4 Å². The molecule has 1 atom stereocenters. The van der Waals surface area contributed by atoms with Gasteiger partial charge in [0, 0.05) is 31.8 Å². The van der Waals surface area contributed by atoms with E-state index in [2.05, 4.69) is 20.6 Å². The highest BCUT2D eigenvalue weighted by Crippen LogP contribution is 2.39. The molecule has 1 saturated heterocycles. The van der Waals surface area contributed by atoms with Crippen LogP contribution in [0.2, 0.25) is 0 Å². The molecule has 2 N–H and O–H groups in total. The van der Waals surface area contributed by atoms with Crippen molar-refractivity contribution in [1.29, 1.82) is 0 Å². The zero-order chi connectivity index (χ0) is 25.2. The molecule has 1 aliphatic heterocycles. The van der Waals surface area contributed by atoms with Gasteiger partial charge in [-0.05, 0) is 12.8 Å². The molecule has 4 heterocycles. The molecule has 0 aliphatic carbocycles. The van der Waals surface area contributed by atoms with Crippen molar-refractivity contribution in [3.63, 3.8) is 0 Å². The number of rotatable bonds is 8. The van der Waals surface area contributed by atoms with Gasteiger partial charge < -0.3 is 38.7 Å². The molecule has 0 spiro atoms. The highest BCUT2D eigenvalue weighted by Gasteiger charge is 2.32. The number of methoxy groups -OCH3 is 3. The molecule has 1 amide bonds. The number of ether oxygens (including phenoxy) is 3. The first-order chi connectivity index (χ1) is 17.6. The van der Waals surface area contributed by atoms with Crippen molar-refractivity contribution >= 4 is 34.6 Å². The van der Waals surface area contributed by atoms with Gasteiger partial charge in [-0.1, -0.05) is 0 Å². The van der Waals surface area contributed by atoms with Crippen LogP contribution in [0, 0.1) is 0 Å². The summed E-state index contributed by atoms with van der Waals surface area (Å²) < 4.78 is 23.8. The molecule has 12 heteroatoms. The summed E-state index contributed by atoms with van der Waals surface area (Å²) in [6, 6.07) is 5.11. The highest BCUT2D eigenvalue weighted by molar-refractivity contribution is 5.88. The van der Waals surface area contributed by atoms with Gasteiger partial charge >= 0.3 is 0 Å². The van der Waals surface area contributed by atoms with E-state index in [1.54, 1.807) is 53.2 Å². The average molecular weight is 494 g/mol. The number of carbonyl (C=O) groups excluding carboxylic acids is 1. The number of carbonyl (C=O) groups is 1. The molecule has 0 radical (unpaired) electrons. The molecule has 36 heavy (non-hydrogen) atoms. The quantitative estimate of drug-likeness (QED) is 0.378. The first-order valence-corrected chi connectivity index (χ1v) is 11.4. The van der Waals surface area contributed by atoms with Gasteiger partial charge in [-0.3, -0.25) is 4.79 Å². The Morgan fingerprint density at radius 2 is 1.92 bits per heavy atom. The Morgan fingerprint density at radius 3 is 2.61 bits per heavy atom. The Labute approximate surface area is 207 Å². The van der Waals surface area contributed by atoms with Gasteiger partial charge in [0.15, 0.2) is 22.9 Å². The van der Waals surface area contributed by atoms with E-state index in [9.17, 15) is 4.79 Å². The molecule has 5 rings (SSSR count). The lowest BCUT2D eigenvalue weighted by Gasteiger charge is -2.23. The second kappa shape index (κ2) is 9.64. The van der Waals surface area contributed by atoms with Crippen molar-refractivity contribution in [2.75, 3.05) is 45.1 Å².